The van der Waals surface area contributed by atoms with Crippen LogP contribution in [-0.2, 0) is 4.79 Å². The van der Waals surface area contributed by atoms with Crippen molar-refractivity contribution in [2.24, 2.45) is 0 Å². The Bertz CT molecular complexity index is 570. The molecule has 0 aliphatic heterocycles. The number of amides is 1. The van der Waals surface area contributed by atoms with E-state index < -0.39 is 0 Å². The predicted octanol–water partition coefficient (Wildman–Crippen LogP) is 3.43. The molecule has 98 valence electrons. The molecule has 1 amide bonds. The molecule has 0 radical (unpaired) electrons. The summed E-state index contributed by atoms with van der Waals surface area (Å²) < 4.78 is 0. The first-order chi connectivity index (χ1) is 9.15. The molecule has 19 heavy (non-hydrogen) atoms. The van der Waals surface area contributed by atoms with E-state index in [1.165, 1.54) is 11.1 Å². The van der Waals surface area contributed by atoms with Gasteiger partial charge in [-0.1, -0.05) is 17.7 Å². The number of aryl methyl sites for hydroxylation is 2. The van der Waals surface area contributed by atoms with Gasteiger partial charge in [-0.25, -0.2) is 0 Å². The van der Waals surface area contributed by atoms with Crippen molar-refractivity contribution in [1.82, 2.24) is 4.98 Å². The summed E-state index contributed by atoms with van der Waals surface area (Å²) in [5.41, 5.74) is 3.18. The molecule has 3 nitrogen and oxygen atoms in total. The van der Waals surface area contributed by atoms with E-state index in [9.17, 15) is 4.79 Å². The first kappa shape index (κ1) is 13.6. The number of rotatable bonds is 4. The van der Waals surface area contributed by atoms with Crippen LogP contribution in [0.3, 0.4) is 0 Å². The first-order valence-electron chi connectivity index (χ1n) is 6.05. The lowest BCUT2D eigenvalue weighted by Gasteiger charge is -2.07. The fourth-order valence-corrected chi connectivity index (χ4v) is 2.55. The third kappa shape index (κ3) is 4.10. The molecule has 0 atom stereocenters. The monoisotopic (exact) mass is 272 g/mol. The van der Waals surface area contributed by atoms with Crippen LogP contribution in [0.5, 0.6) is 0 Å². The maximum Gasteiger partial charge on any atom is 0.234 e. The van der Waals surface area contributed by atoms with Gasteiger partial charge < -0.3 is 5.32 Å². The average molecular weight is 272 g/mol. The van der Waals surface area contributed by atoms with E-state index in [1.807, 2.05) is 6.07 Å². The Morgan fingerprint density at radius 3 is 2.84 bits per heavy atom. The normalized spacial score (nSPS) is 10.2. The Hall–Kier alpha value is -1.81. The second-order valence-electron chi connectivity index (χ2n) is 4.35. The topological polar surface area (TPSA) is 42.0 Å². The third-order valence-electron chi connectivity index (χ3n) is 2.63. The summed E-state index contributed by atoms with van der Waals surface area (Å²) in [6.45, 7) is 4.13. The van der Waals surface area contributed by atoms with Gasteiger partial charge in [0.2, 0.25) is 5.91 Å². The van der Waals surface area contributed by atoms with Crippen LogP contribution in [0, 0.1) is 13.8 Å². The summed E-state index contributed by atoms with van der Waals surface area (Å²) in [6.07, 6.45) is 3.32. The Balaban J connectivity index is 1.90. The fraction of sp³-hybridized carbons (Fsp3) is 0.200. The molecule has 2 aromatic rings. The van der Waals surface area contributed by atoms with Crippen molar-refractivity contribution >= 4 is 23.4 Å². The molecule has 1 heterocycles. The van der Waals surface area contributed by atoms with E-state index in [0.717, 1.165) is 10.6 Å². The van der Waals surface area contributed by atoms with E-state index in [-0.39, 0.29) is 5.91 Å². The number of anilines is 1. The zero-order valence-electron chi connectivity index (χ0n) is 11.0. The van der Waals surface area contributed by atoms with Crippen LogP contribution in [0.4, 0.5) is 5.69 Å². The van der Waals surface area contributed by atoms with E-state index in [1.54, 1.807) is 30.2 Å². The zero-order valence-corrected chi connectivity index (χ0v) is 11.8. The third-order valence-corrected chi connectivity index (χ3v) is 3.81. The van der Waals surface area contributed by atoms with E-state index in [2.05, 4.69) is 42.3 Å². The van der Waals surface area contributed by atoms with Crippen LogP contribution < -0.4 is 5.32 Å². The minimum Gasteiger partial charge on any atom is -0.324 e. The summed E-state index contributed by atoms with van der Waals surface area (Å²) in [5.74, 6) is 0.386. The van der Waals surface area contributed by atoms with Crippen molar-refractivity contribution in [3.05, 3.63) is 53.9 Å². The van der Waals surface area contributed by atoms with E-state index in [0.29, 0.717) is 5.75 Å². The molecule has 0 aliphatic carbocycles. The molecule has 0 saturated heterocycles. The van der Waals surface area contributed by atoms with Crippen LogP contribution in [-0.4, -0.2) is 16.6 Å². The lowest BCUT2D eigenvalue weighted by atomic mass is 10.2. The average Bonchev–Trinajstić information content (AvgIpc) is 2.39. The van der Waals surface area contributed by atoms with E-state index in [4.69, 9.17) is 0 Å². The molecule has 2 rings (SSSR count). The van der Waals surface area contributed by atoms with Gasteiger partial charge in [0, 0.05) is 11.1 Å². The maximum absolute atomic E-state index is 11.8. The number of carbonyl (C=O) groups excluding carboxylic acids is 1. The Kier molecular flexibility index (Phi) is 4.58. The number of aromatic nitrogens is 1. The number of hydrogen-bond acceptors (Lipinski definition) is 3. The minimum absolute atomic E-state index is 0.0158. The van der Waals surface area contributed by atoms with Crippen LogP contribution in [0.15, 0.2) is 47.6 Å². The van der Waals surface area contributed by atoms with Gasteiger partial charge in [-0.15, -0.1) is 11.8 Å². The maximum atomic E-state index is 11.8. The molecule has 4 heteroatoms. The Labute approximate surface area is 117 Å². The van der Waals surface area contributed by atoms with Gasteiger partial charge in [0.15, 0.2) is 0 Å². The predicted molar refractivity (Wildman–Crippen MR) is 79.5 cm³/mol. The fourth-order valence-electron chi connectivity index (χ4n) is 1.74. The molecule has 0 bridgehead atoms. The molecule has 0 saturated carbocycles. The molecule has 1 aromatic heterocycles. The summed E-state index contributed by atoms with van der Waals surface area (Å²) in [6, 6.07) is 9.88. The highest BCUT2D eigenvalue weighted by molar-refractivity contribution is 8.00. The second-order valence-corrected chi connectivity index (χ2v) is 5.36. The van der Waals surface area contributed by atoms with Crippen molar-refractivity contribution in [3.63, 3.8) is 0 Å². The van der Waals surface area contributed by atoms with Crippen molar-refractivity contribution in [3.8, 4) is 0 Å². The number of nitrogens with one attached hydrogen (secondary N) is 1. The molecule has 0 fully saturated rings. The highest BCUT2D eigenvalue weighted by Gasteiger charge is 2.05. The summed E-state index contributed by atoms with van der Waals surface area (Å²) in [4.78, 5) is 16.9. The Morgan fingerprint density at radius 2 is 2.16 bits per heavy atom. The number of thioether (sulfide) groups is 1. The smallest absolute Gasteiger partial charge is 0.234 e. The molecular formula is C15H16N2OS. The van der Waals surface area contributed by atoms with Crippen LogP contribution in [0.1, 0.15) is 11.1 Å². The lowest BCUT2D eigenvalue weighted by Crippen LogP contribution is -2.14. The van der Waals surface area contributed by atoms with Gasteiger partial charge in [0.1, 0.15) is 0 Å². The molecule has 0 unspecified atom stereocenters. The quantitative estimate of drug-likeness (QED) is 0.867. The number of pyridine rings is 1. The summed E-state index contributed by atoms with van der Waals surface area (Å²) >= 11 is 1.55. The number of nitrogens with zero attached hydrogens (tertiary/aromatic N) is 1. The van der Waals surface area contributed by atoms with Crippen molar-refractivity contribution in [1.29, 1.82) is 0 Å². The SMILES string of the molecule is Cc1ccc(SCC(=O)Nc2cccnc2)c(C)c1. The van der Waals surface area contributed by atoms with Crippen molar-refractivity contribution in [2.45, 2.75) is 18.7 Å². The number of carbonyl (C=O) groups is 1. The molecule has 0 aliphatic rings. The first-order valence-corrected chi connectivity index (χ1v) is 7.03. The van der Waals surface area contributed by atoms with Gasteiger partial charge in [-0.3, -0.25) is 9.78 Å². The largest absolute Gasteiger partial charge is 0.324 e. The molecule has 0 spiro atoms. The highest BCUT2D eigenvalue weighted by Crippen LogP contribution is 2.23. The van der Waals surface area contributed by atoms with Gasteiger partial charge >= 0.3 is 0 Å². The summed E-state index contributed by atoms with van der Waals surface area (Å²) in [5, 5.41) is 2.82. The molecular weight excluding hydrogens is 256 g/mol. The van der Waals surface area contributed by atoms with Crippen molar-refractivity contribution < 1.29 is 4.79 Å². The van der Waals surface area contributed by atoms with Gasteiger partial charge in [0.25, 0.3) is 0 Å². The standard InChI is InChI=1S/C15H16N2OS/c1-11-5-6-14(12(2)8-11)19-10-15(18)17-13-4-3-7-16-9-13/h3-9H,10H2,1-2H3,(H,17,18). The zero-order chi connectivity index (χ0) is 13.7. The van der Waals surface area contributed by atoms with Crippen LogP contribution >= 0.6 is 11.8 Å². The lowest BCUT2D eigenvalue weighted by molar-refractivity contribution is -0.113. The van der Waals surface area contributed by atoms with E-state index >= 15 is 0 Å². The molecule has 1 aromatic carbocycles. The molecule has 1 N–H and O–H groups in total. The highest BCUT2D eigenvalue weighted by atomic mass is 32.2. The van der Waals surface area contributed by atoms with Crippen molar-refractivity contribution in [2.75, 3.05) is 11.1 Å². The van der Waals surface area contributed by atoms with Crippen LogP contribution in [0.25, 0.3) is 0 Å². The van der Waals surface area contributed by atoms with Gasteiger partial charge in [-0.2, -0.15) is 0 Å². The number of benzene rings is 1. The Morgan fingerprint density at radius 1 is 1.32 bits per heavy atom. The van der Waals surface area contributed by atoms with Crippen LogP contribution in [0.2, 0.25) is 0 Å². The number of hydrogen-bond donors (Lipinski definition) is 1. The van der Waals surface area contributed by atoms with Gasteiger partial charge in [-0.05, 0) is 37.6 Å². The van der Waals surface area contributed by atoms with Gasteiger partial charge in [0.05, 0.1) is 17.6 Å². The summed E-state index contributed by atoms with van der Waals surface area (Å²) in [7, 11) is 0. The second kappa shape index (κ2) is 6.38. The minimum atomic E-state index is -0.0158.